The maximum Gasteiger partial charge on any atom is 0.124 e. The van der Waals surface area contributed by atoms with Gasteiger partial charge in [0, 0.05) is 4.47 Å². The molecule has 1 aromatic rings. The van der Waals surface area contributed by atoms with Crippen LogP contribution in [0.25, 0.3) is 0 Å². The van der Waals surface area contributed by atoms with E-state index >= 15 is 0 Å². The Kier molecular flexibility index (Phi) is 1.92. The number of hydrogen-bond donors (Lipinski definition) is 0. The van der Waals surface area contributed by atoms with E-state index in [-0.39, 0.29) is 11.2 Å². The maximum atomic E-state index is 12.8. The van der Waals surface area contributed by atoms with E-state index in [1.54, 1.807) is 6.07 Å². The molecule has 0 heterocycles. The molecule has 0 spiro atoms. The Balaban J connectivity index is 2.48. The highest BCUT2D eigenvalue weighted by molar-refractivity contribution is 9.10. The first-order chi connectivity index (χ1) is 6.18. The molecule has 0 nitrogen and oxygen atoms in total. The maximum absolute atomic E-state index is 12.8. The molecular formula is C11H8BrF. The van der Waals surface area contributed by atoms with E-state index in [0.29, 0.717) is 0 Å². The zero-order chi connectivity index (χ0) is 9.47. The van der Waals surface area contributed by atoms with Crippen LogP contribution in [-0.4, -0.2) is 0 Å². The smallest absolute Gasteiger partial charge is 0.124 e. The molecule has 1 aliphatic carbocycles. The normalized spacial score (nSPS) is 17.9. The Morgan fingerprint density at radius 1 is 1.46 bits per heavy atom. The summed E-state index contributed by atoms with van der Waals surface area (Å²) >= 11 is 3.33. The van der Waals surface area contributed by atoms with Crippen molar-refractivity contribution in [1.29, 1.82) is 0 Å². The van der Waals surface area contributed by atoms with Crippen LogP contribution in [0.5, 0.6) is 0 Å². The van der Waals surface area contributed by atoms with E-state index in [2.05, 4.69) is 21.9 Å². The first-order valence-electron chi connectivity index (χ1n) is 4.11. The van der Waals surface area contributed by atoms with Crippen molar-refractivity contribution >= 4 is 15.9 Å². The van der Waals surface area contributed by atoms with Gasteiger partial charge in [-0.05, 0) is 30.5 Å². The van der Waals surface area contributed by atoms with Crippen molar-refractivity contribution < 1.29 is 4.39 Å². The third kappa shape index (κ3) is 1.38. The van der Waals surface area contributed by atoms with Gasteiger partial charge in [0.2, 0.25) is 0 Å². The highest BCUT2D eigenvalue weighted by atomic mass is 79.9. The molecule has 2 heteroatoms. The first-order valence-corrected chi connectivity index (χ1v) is 4.90. The van der Waals surface area contributed by atoms with E-state index in [0.717, 1.165) is 22.9 Å². The molecule has 0 N–H and O–H groups in total. The molecule has 0 bridgehead atoms. The van der Waals surface area contributed by atoms with Crippen molar-refractivity contribution in [2.75, 3.05) is 0 Å². The fourth-order valence-corrected chi connectivity index (χ4v) is 2.22. The second kappa shape index (κ2) is 2.85. The van der Waals surface area contributed by atoms with Crippen LogP contribution in [0.3, 0.4) is 0 Å². The average molecular weight is 239 g/mol. The van der Waals surface area contributed by atoms with Gasteiger partial charge < -0.3 is 0 Å². The summed E-state index contributed by atoms with van der Waals surface area (Å²) in [5, 5.41) is 0. The van der Waals surface area contributed by atoms with Gasteiger partial charge in [-0.2, -0.15) is 0 Å². The summed E-state index contributed by atoms with van der Waals surface area (Å²) < 4.78 is 13.6. The summed E-state index contributed by atoms with van der Waals surface area (Å²) in [4.78, 5) is 0. The van der Waals surface area contributed by atoms with Crippen molar-refractivity contribution in [3.63, 3.8) is 0 Å². The lowest BCUT2D eigenvalue weighted by molar-refractivity contribution is 0.625. The lowest BCUT2D eigenvalue weighted by atomic mass is 9.97. The van der Waals surface area contributed by atoms with Gasteiger partial charge in [0.25, 0.3) is 0 Å². The van der Waals surface area contributed by atoms with Crippen LogP contribution in [0, 0.1) is 18.2 Å². The van der Waals surface area contributed by atoms with E-state index in [1.165, 1.54) is 12.1 Å². The number of benzene rings is 1. The molecule has 2 rings (SSSR count). The van der Waals surface area contributed by atoms with Crippen LogP contribution in [0.4, 0.5) is 4.39 Å². The first kappa shape index (κ1) is 8.77. The van der Waals surface area contributed by atoms with Crippen molar-refractivity contribution in [3.8, 4) is 12.3 Å². The number of halogens is 2. The predicted octanol–water partition coefficient (Wildman–Crippen LogP) is 3.25. The monoisotopic (exact) mass is 238 g/mol. The molecule has 0 aromatic heterocycles. The zero-order valence-electron chi connectivity index (χ0n) is 6.98. The van der Waals surface area contributed by atoms with E-state index in [9.17, 15) is 4.39 Å². The summed E-state index contributed by atoms with van der Waals surface area (Å²) in [6.45, 7) is 0. The Morgan fingerprint density at radius 2 is 2.15 bits per heavy atom. The minimum atomic E-state index is -0.233. The third-order valence-electron chi connectivity index (χ3n) is 2.47. The molecule has 0 aliphatic heterocycles. The van der Waals surface area contributed by atoms with Crippen LogP contribution in [0.15, 0.2) is 22.7 Å². The Bertz CT molecular complexity index is 386. The van der Waals surface area contributed by atoms with Gasteiger partial charge in [-0.15, -0.1) is 6.42 Å². The van der Waals surface area contributed by atoms with Crippen molar-refractivity contribution in [3.05, 3.63) is 34.1 Å². The van der Waals surface area contributed by atoms with Crippen molar-refractivity contribution in [2.24, 2.45) is 0 Å². The standard InChI is InChI=1S/C11H8BrF/c1-2-11(5-6-11)9-4-3-8(13)7-10(9)12/h1,3-4,7H,5-6H2. The summed E-state index contributed by atoms with van der Waals surface area (Å²) in [5.74, 6) is 2.54. The molecule has 0 amide bonds. The average Bonchev–Trinajstić information content (AvgIpc) is 2.85. The lowest BCUT2D eigenvalue weighted by Gasteiger charge is -2.09. The molecule has 0 atom stereocenters. The minimum absolute atomic E-state index is 0.119. The third-order valence-corrected chi connectivity index (χ3v) is 3.13. The van der Waals surface area contributed by atoms with Crippen molar-refractivity contribution in [2.45, 2.75) is 18.3 Å². The summed E-state index contributed by atoms with van der Waals surface area (Å²) in [5.41, 5.74) is 0.920. The summed E-state index contributed by atoms with van der Waals surface area (Å²) in [6.07, 6.45) is 7.46. The molecule has 0 unspecified atom stereocenters. The van der Waals surface area contributed by atoms with Gasteiger partial charge in [-0.1, -0.05) is 27.9 Å². The number of terminal acetylenes is 1. The Labute approximate surface area is 85.3 Å². The highest BCUT2D eigenvalue weighted by Gasteiger charge is 2.43. The van der Waals surface area contributed by atoms with E-state index < -0.39 is 0 Å². The minimum Gasteiger partial charge on any atom is -0.207 e. The molecule has 1 saturated carbocycles. The second-order valence-corrected chi connectivity index (χ2v) is 4.20. The van der Waals surface area contributed by atoms with Crippen LogP contribution in [0.1, 0.15) is 18.4 Å². The quantitative estimate of drug-likeness (QED) is 0.660. The number of hydrogen-bond acceptors (Lipinski definition) is 0. The fourth-order valence-electron chi connectivity index (χ4n) is 1.49. The molecule has 1 fully saturated rings. The highest BCUT2D eigenvalue weighted by Crippen LogP contribution is 2.49. The van der Waals surface area contributed by atoms with Gasteiger partial charge in [-0.25, -0.2) is 4.39 Å². The van der Waals surface area contributed by atoms with Gasteiger partial charge in [0.1, 0.15) is 5.82 Å². The Morgan fingerprint density at radius 3 is 2.62 bits per heavy atom. The van der Waals surface area contributed by atoms with E-state index in [1.807, 2.05) is 0 Å². The molecule has 1 aromatic carbocycles. The van der Waals surface area contributed by atoms with E-state index in [4.69, 9.17) is 6.42 Å². The van der Waals surface area contributed by atoms with Crippen LogP contribution in [0.2, 0.25) is 0 Å². The SMILES string of the molecule is C#CC1(c2ccc(F)cc2Br)CC1. The molecule has 1 aliphatic rings. The molecule has 66 valence electrons. The molecule has 0 saturated heterocycles. The van der Waals surface area contributed by atoms with Gasteiger partial charge in [0.05, 0.1) is 5.41 Å². The number of rotatable bonds is 1. The van der Waals surface area contributed by atoms with Crippen molar-refractivity contribution in [1.82, 2.24) is 0 Å². The van der Waals surface area contributed by atoms with Crippen LogP contribution < -0.4 is 0 Å². The Hall–Kier alpha value is -0.810. The van der Waals surface area contributed by atoms with Gasteiger partial charge >= 0.3 is 0 Å². The predicted molar refractivity (Wildman–Crippen MR) is 53.8 cm³/mol. The van der Waals surface area contributed by atoms with Crippen LogP contribution in [-0.2, 0) is 5.41 Å². The van der Waals surface area contributed by atoms with Crippen LogP contribution >= 0.6 is 15.9 Å². The lowest BCUT2D eigenvalue weighted by Crippen LogP contribution is -2.03. The zero-order valence-corrected chi connectivity index (χ0v) is 8.57. The van der Waals surface area contributed by atoms with Gasteiger partial charge in [0.15, 0.2) is 0 Å². The molecular weight excluding hydrogens is 231 g/mol. The largest absolute Gasteiger partial charge is 0.207 e. The second-order valence-electron chi connectivity index (χ2n) is 3.35. The topological polar surface area (TPSA) is 0 Å². The van der Waals surface area contributed by atoms with Gasteiger partial charge in [-0.3, -0.25) is 0 Å². The molecule has 0 radical (unpaired) electrons. The summed E-state index contributed by atoms with van der Waals surface area (Å²) in [7, 11) is 0. The fraction of sp³-hybridized carbons (Fsp3) is 0.273. The molecule has 13 heavy (non-hydrogen) atoms. The summed E-state index contributed by atoms with van der Waals surface area (Å²) in [6, 6.07) is 4.69.